The van der Waals surface area contributed by atoms with Crippen molar-refractivity contribution in [2.45, 2.75) is 20.0 Å². The quantitative estimate of drug-likeness (QED) is 0.809. The van der Waals surface area contributed by atoms with Gasteiger partial charge in [0.25, 0.3) is 0 Å². The first kappa shape index (κ1) is 17.7. The van der Waals surface area contributed by atoms with Crippen molar-refractivity contribution in [3.63, 3.8) is 0 Å². The number of halogens is 2. The molecule has 1 aromatic carbocycles. The second-order valence-electron chi connectivity index (χ2n) is 4.22. The third-order valence-electron chi connectivity index (χ3n) is 2.79. The van der Waals surface area contributed by atoms with Crippen LogP contribution in [-0.2, 0) is 13.1 Å². The van der Waals surface area contributed by atoms with Gasteiger partial charge < -0.3 is 31.6 Å². The molecular formula is C15H18Cl2NO3-. The number of methoxy groups -OCH3 is 1. The molecule has 0 radical (unpaired) electrons. The van der Waals surface area contributed by atoms with Gasteiger partial charge in [-0.15, -0.1) is 0 Å². The fourth-order valence-electron chi connectivity index (χ4n) is 1.90. The highest BCUT2D eigenvalue weighted by Crippen LogP contribution is 2.36. The van der Waals surface area contributed by atoms with E-state index in [-0.39, 0.29) is 12.4 Å². The number of hydrogen-bond donors (Lipinski definition) is 1. The molecule has 0 spiro atoms. The maximum Gasteiger partial charge on any atom is 0.179 e. The number of benzene rings is 1. The Kier molecular flexibility index (Phi) is 7.43. The Morgan fingerprint density at radius 3 is 2.71 bits per heavy atom. The minimum absolute atomic E-state index is 0. The van der Waals surface area contributed by atoms with Crippen molar-refractivity contribution in [2.24, 2.45) is 0 Å². The van der Waals surface area contributed by atoms with Crippen molar-refractivity contribution in [3.05, 3.63) is 46.9 Å². The summed E-state index contributed by atoms with van der Waals surface area (Å²) in [7, 11) is 1.61. The highest BCUT2D eigenvalue weighted by molar-refractivity contribution is 6.32. The van der Waals surface area contributed by atoms with Crippen LogP contribution < -0.4 is 27.2 Å². The maximum absolute atomic E-state index is 6.22. The smallest absolute Gasteiger partial charge is 0.179 e. The zero-order chi connectivity index (χ0) is 14.4. The molecule has 0 aliphatic carbocycles. The summed E-state index contributed by atoms with van der Waals surface area (Å²) in [6.07, 6.45) is 1.66. The van der Waals surface area contributed by atoms with Gasteiger partial charge in [-0.25, -0.2) is 0 Å². The standard InChI is InChI=1S/C15H18ClNO3.ClH/c1-3-19-15-13(16)7-11(8-14(15)18-2)9-17-10-12-5-4-6-20-12;/h4-8,17H,3,9-10H2,1-2H3;1H/p-1. The summed E-state index contributed by atoms with van der Waals surface area (Å²) in [5.74, 6) is 2.13. The Morgan fingerprint density at radius 1 is 1.29 bits per heavy atom. The van der Waals surface area contributed by atoms with Gasteiger partial charge in [0.1, 0.15) is 5.76 Å². The third kappa shape index (κ3) is 4.84. The lowest BCUT2D eigenvalue weighted by atomic mass is 10.2. The lowest BCUT2D eigenvalue weighted by molar-refractivity contribution is -0.00000530. The molecule has 21 heavy (non-hydrogen) atoms. The largest absolute Gasteiger partial charge is 1.00 e. The SMILES string of the molecule is CCOc1c(Cl)cc(CNCc2ccco2)cc1OC.[Cl-]. The molecule has 0 unspecified atom stereocenters. The highest BCUT2D eigenvalue weighted by atomic mass is 35.5. The van der Waals surface area contributed by atoms with Crippen LogP contribution in [0, 0.1) is 0 Å². The van der Waals surface area contributed by atoms with Gasteiger partial charge in [-0.3, -0.25) is 0 Å². The molecule has 0 amide bonds. The third-order valence-corrected chi connectivity index (χ3v) is 3.07. The fraction of sp³-hybridized carbons (Fsp3) is 0.333. The molecule has 0 saturated heterocycles. The predicted molar refractivity (Wildman–Crippen MR) is 78.4 cm³/mol. The van der Waals surface area contributed by atoms with E-state index in [1.165, 1.54) is 0 Å². The summed E-state index contributed by atoms with van der Waals surface area (Å²) in [6.45, 7) is 3.80. The van der Waals surface area contributed by atoms with Crippen LogP contribution in [0.25, 0.3) is 0 Å². The zero-order valence-electron chi connectivity index (χ0n) is 12.0. The molecule has 1 N–H and O–H groups in total. The van der Waals surface area contributed by atoms with Crippen LogP contribution in [0.15, 0.2) is 34.9 Å². The van der Waals surface area contributed by atoms with E-state index in [1.807, 2.05) is 31.2 Å². The van der Waals surface area contributed by atoms with E-state index in [0.29, 0.717) is 36.2 Å². The van der Waals surface area contributed by atoms with Gasteiger partial charge in [0.2, 0.25) is 0 Å². The van der Waals surface area contributed by atoms with E-state index in [9.17, 15) is 0 Å². The number of hydrogen-bond acceptors (Lipinski definition) is 4. The number of ether oxygens (including phenoxy) is 2. The average Bonchev–Trinajstić information content (AvgIpc) is 2.94. The van der Waals surface area contributed by atoms with E-state index in [4.69, 9.17) is 25.5 Å². The summed E-state index contributed by atoms with van der Waals surface area (Å²) < 4.78 is 16.1. The highest BCUT2D eigenvalue weighted by Gasteiger charge is 2.11. The summed E-state index contributed by atoms with van der Waals surface area (Å²) in [4.78, 5) is 0. The summed E-state index contributed by atoms with van der Waals surface area (Å²) in [6, 6.07) is 7.60. The molecule has 0 bridgehead atoms. The van der Waals surface area contributed by atoms with Crippen molar-refractivity contribution in [1.82, 2.24) is 5.32 Å². The van der Waals surface area contributed by atoms with Crippen molar-refractivity contribution < 1.29 is 26.3 Å². The van der Waals surface area contributed by atoms with E-state index in [1.54, 1.807) is 13.4 Å². The zero-order valence-corrected chi connectivity index (χ0v) is 13.5. The van der Waals surface area contributed by atoms with Crippen LogP contribution in [0.5, 0.6) is 11.5 Å². The molecule has 4 nitrogen and oxygen atoms in total. The number of furan rings is 1. The van der Waals surface area contributed by atoms with Crippen molar-refractivity contribution >= 4 is 11.6 Å². The minimum Gasteiger partial charge on any atom is -1.00 e. The van der Waals surface area contributed by atoms with E-state index < -0.39 is 0 Å². The first-order valence-corrected chi connectivity index (χ1v) is 6.84. The van der Waals surface area contributed by atoms with Gasteiger partial charge in [0.15, 0.2) is 11.5 Å². The van der Waals surface area contributed by atoms with Crippen LogP contribution in [0.1, 0.15) is 18.2 Å². The number of rotatable bonds is 7. The second kappa shape index (κ2) is 8.82. The fourth-order valence-corrected chi connectivity index (χ4v) is 2.19. The van der Waals surface area contributed by atoms with Crippen LogP contribution in [0.4, 0.5) is 0 Å². The normalized spacial score (nSPS) is 10.0. The summed E-state index contributed by atoms with van der Waals surface area (Å²) in [5.41, 5.74) is 1.03. The molecule has 6 heteroatoms. The van der Waals surface area contributed by atoms with Crippen LogP contribution in [0.2, 0.25) is 5.02 Å². The molecule has 1 heterocycles. The van der Waals surface area contributed by atoms with Gasteiger partial charge in [0, 0.05) is 6.54 Å². The van der Waals surface area contributed by atoms with Crippen molar-refractivity contribution in [1.29, 1.82) is 0 Å². The van der Waals surface area contributed by atoms with Crippen molar-refractivity contribution in [3.8, 4) is 11.5 Å². The first-order chi connectivity index (χ1) is 9.74. The minimum atomic E-state index is 0. The Hall–Kier alpha value is -1.36. The second-order valence-corrected chi connectivity index (χ2v) is 4.63. The van der Waals surface area contributed by atoms with Gasteiger partial charge in [-0.1, -0.05) is 11.6 Å². The van der Waals surface area contributed by atoms with Gasteiger partial charge in [-0.2, -0.15) is 0 Å². The van der Waals surface area contributed by atoms with E-state index in [0.717, 1.165) is 11.3 Å². The van der Waals surface area contributed by atoms with Crippen LogP contribution in [0.3, 0.4) is 0 Å². The number of nitrogens with one attached hydrogen (secondary N) is 1. The molecule has 0 aliphatic heterocycles. The Bertz CT molecular complexity index is 544. The van der Waals surface area contributed by atoms with E-state index >= 15 is 0 Å². The van der Waals surface area contributed by atoms with Gasteiger partial charge in [0.05, 0.1) is 31.5 Å². The molecule has 0 atom stereocenters. The first-order valence-electron chi connectivity index (χ1n) is 6.47. The lowest BCUT2D eigenvalue weighted by Gasteiger charge is -2.13. The molecule has 0 fully saturated rings. The summed E-state index contributed by atoms with van der Waals surface area (Å²) in [5, 5.41) is 3.84. The molecule has 0 aliphatic rings. The molecular weight excluding hydrogens is 313 g/mol. The Balaban J connectivity index is 0.00000220. The monoisotopic (exact) mass is 330 g/mol. The van der Waals surface area contributed by atoms with Crippen LogP contribution >= 0.6 is 11.6 Å². The van der Waals surface area contributed by atoms with Crippen molar-refractivity contribution in [2.75, 3.05) is 13.7 Å². The molecule has 2 rings (SSSR count). The summed E-state index contributed by atoms with van der Waals surface area (Å²) >= 11 is 6.22. The topological polar surface area (TPSA) is 43.6 Å². The molecule has 0 saturated carbocycles. The predicted octanol–water partition coefficient (Wildman–Crippen LogP) is 0.634. The molecule has 116 valence electrons. The maximum atomic E-state index is 6.22. The average molecular weight is 331 g/mol. The van der Waals surface area contributed by atoms with Gasteiger partial charge in [-0.05, 0) is 36.8 Å². The molecule has 2 aromatic rings. The Morgan fingerprint density at radius 2 is 2.10 bits per heavy atom. The van der Waals surface area contributed by atoms with E-state index in [2.05, 4.69) is 5.32 Å². The van der Waals surface area contributed by atoms with Gasteiger partial charge >= 0.3 is 0 Å². The Labute approximate surface area is 135 Å². The molecule has 1 aromatic heterocycles. The van der Waals surface area contributed by atoms with Crippen LogP contribution in [-0.4, -0.2) is 13.7 Å². The lowest BCUT2D eigenvalue weighted by Crippen LogP contribution is -3.00.